The summed E-state index contributed by atoms with van der Waals surface area (Å²) in [6, 6.07) is 7.26. The molecule has 3 nitrogen and oxygen atoms in total. The Labute approximate surface area is 96.1 Å². The lowest BCUT2D eigenvalue weighted by Gasteiger charge is -2.12. The molecule has 0 saturated carbocycles. The van der Waals surface area contributed by atoms with Crippen LogP contribution in [0.25, 0.3) is 0 Å². The van der Waals surface area contributed by atoms with Crippen molar-refractivity contribution in [2.24, 2.45) is 0 Å². The predicted molar refractivity (Wildman–Crippen MR) is 62.9 cm³/mol. The number of carbonyl (C=O) groups is 1. The first-order valence-corrected chi connectivity index (χ1v) is 5.55. The van der Waals surface area contributed by atoms with Gasteiger partial charge in [0.1, 0.15) is 5.75 Å². The normalized spacial score (nSPS) is 12.1. The highest BCUT2D eigenvalue weighted by Gasteiger charge is 2.18. The summed E-state index contributed by atoms with van der Waals surface area (Å²) >= 11 is 0. The van der Waals surface area contributed by atoms with Crippen molar-refractivity contribution in [2.75, 3.05) is 7.11 Å². The van der Waals surface area contributed by atoms with Crippen molar-refractivity contribution in [3.63, 3.8) is 0 Å². The largest absolute Gasteiger partial charge is 0.497 e. The van der Waals surface area contributed by atoms with Gasteiger partial charge >= 0.3 is 5.97 Å². The van der Waals surface area contributed by atoms with Gasteiger partial charge in [-0.15, -0.1) is 0 Å². The van der Waals surface area contributed by atoms with Gasteiger partial charge in [0.25, 0.3) is 0 Å². The Kier molecular flexibility index (Phi) is 4.83. The third-order valence-electron chi connectivity index (χ3n) is 2.66. The summed E-state index contributed by atoms with van der Waals surface area (Å²) in [6.45, 7) is 2.06. The zero-order valence-corrected chi connectivity index (χ0v) is 9.77. The van der Waals surface area contributed by atoms with Crippen molar-refractivity contribution in [1.82, 2.24) is 0 Å². The fraction of sp³-hybridized carbons (Fsp3) is 0.462. The summed E-state index contributed by atoms with van der Waals surface area (Å²) in [5.41, 5.74) is 0.849. The summed E-state index contributed by atoms with van der Waals surface area (Å²) in [7, 11) is 1.60. The van der Waals surface area contributed by atoms with E-state index < -0.39 is 11.9 Å². The zero-order chi connectivity index (χ0) is 12.0. The second-order valence-electron chi connectivity index (χ2n) is 3.81. The van der Waals surface area contributed by atoms with E-state index in [1.54, 1.807) is 19.2 Å². The van der Waals surface area contributed by atoms with Crippen LogP contribution in [-0.4, -0.2) is 18.2 Å². The van der Waals surface area contributed by atoms with Crippen molar-refractivity contribution < 1.29 is 14.6 Å². The molecular formula is C13H18O3. The Bertz CT molecular complexity index is 330. The Morgan fingerprint density at radius 3 is 2.44 bits per heavy atom. The van der Waals surface area contributed by atoms with Crippen LogP contribution in [-0.2, 0) is 4.79 Å². The molecule has 0 aromatic heterocycles. The molecule has 0 aliphatic rings. The molecule has 1 rings (SSSR count). The van der Waals surface area contributed by atoms with Crippen LogP contribution in [0.5, 0.6) is 5.75 Å². The molecule has 1 aromatic rings. The molecule has 0 spiro atoms. The average molecular weight is 222 g/mol. The molecule has 3 heteroatoms. The average Bonchev–Trinajstić information content (AvgIpc) is 2.30. The maximum Gasteiger partial charge on any atom is 0.310 e. The standard InChI is InChI=1S/C13H18O3/c1-3-4-5-12(13(14)15)10-6-8-11(16-2)9-7-10/h6-9,12H,3-5H2,1-2H3,(H,14,15). The molecule has 0 saturated heterocycles. The van der Waals surface area contributed by atoms with E-state index in [4.69, 9.17) is 9.84 Å². The van der Waals surface area contributed by atoms with Crippen LogP contribution < -0.4 is 4.74 Å². The Balaban J connectivity index is 2.79. The smallest absolute Gasteiger partial charge is 0.310 e. The van der Waals surface area contributed by atoms with Crippen LogP contribution >= 0.6 is 0 Å². The minimum absolute atomic E-state index is 0.397. The lowest BCUT2D eigenvalue weighted by molar-refractivity contribution is -0.139. The highest BCUT2D eigenvalue weighted by atomic mass is 16.5. The zero-order valence-electron chi connectivity index (χ0n) is 9.77. The van der Waals surface area contributed by atoms with E-state index in [9.17, 15) is 4.79 Å². The molecule has 1 unspecified atom stereocenters. The lowest BCUT2D eigenvalue weighted by Crippen LogP contribution is -2.11. The van der Waals surface area contributed by atoms with E-state index in [1.807, 2.05) is 12.1 Å². The first-order chi connectivity index (χ1) is 7.69. The number of aliphatic carboxylic acids is 1. The quantitative estimate of drug-likeness (QED) is 0.804. The third-order valence-corrected chi connectivity index (χ3v) is 2.66. The van der Waals surface area contributed by atoms with Crippen LogP contribution in [0.1, 0.15) is 37.7 Å². The van der Waals surface area contributed by atoms with E-state index in [2.05, 4.69) is 6.92 Å². The second kappa shape index (κ2) is 6.16. The fourth-order valence-electron chi connectivity index (χ4n) is 1.68. The van der Waals surface area contributed by atoms with E-state index in [0.29, 0.717) is 6.42 Å². The first-order valence-electron chi connectivity index (χ1n) is 5.55. The molecular weight excluding hydrogens is 204 g/mol. The van der Waals surface area contributed by atoms with Crippen molar-refractivity contribution in [1.29, 1.82) is 0 Å². The molecule has 0 radical (unpaired) electrons. The molecule has 88 valence electrons. The molecule has 1 aromatic carbocycles. The molecule has 0 fully saturated rings. The van der Waals surface area contributed by atoms with Gasteiger partial charge in [-0.25, -0.2) is 0 Å². The summed E-state index contributed by atoms with van der Waals surface area (Å²) in [6.07, 6.45) is 2.64. The minimum Gasteiger partial charge on any atom is -0.497 e. The molecule has 0 bridgehead atoms. The van der Waals surface area contributed by atoms with Gasteiger partial charge in [0.15, 0.2) is 0 Å². The summed E-state index contributed by atoms with van der Waals surface area (Å²) < 4.78 is 5.04. The predicted octanol–water partition coefficient (Wildman–Crippen LogP) is 3.05. The van der Waals surface area contributed by atoms with E-state index in [1.165, 1.54) is 0 Å². The maximum atomic E-state index is 11.1. The molecule has 0 amide bonds. The maximum absolute atomic E-state index is 11.1. The van der Waals surface area contributed by atoms with Gasteiger partial charge in [0.05, 0.1) is 13.0 Å². The molecule has 0 aliphatic heterocycles. The van der Waals surface area contributed by atoms with Gasteiger partial charge in [-0.05, 0) is 24.1 Å². The van der Waals surface area contributed by atoms with Gasteiger partial charge in [0.2, 0.25) is 0 Å². The second-order valence-corrected chi connectivity index (χ2v) is 3.81. The SMILES string of the molecule is CCCCC(C(=O)O)c1ccc(OC)cc1. The first kappa shape index (κ1) is 12.6. The Morgan fingerprint density at radius 2 is 2.00 bits per heavy atom. The molecule has 16 heavy (non-hydrogen) atoms. The molecule has 1 N–H and O–H groups in total. The van der Waals surface area contributed by atoms with Crippen molar-refractivity contribution >= 4 is 5.97 Å². The van der Waals surface area contributed by atoms with Gasteiger partial charge < -0.3 is 9.84 Å². The molecule has 1 atom stereocenters. The van der Waals surface area contributed by atoms with Gasteiger partial charge in [-0.2, -0.15) is 0 Å². The number of ether oxygens (including phenoxy) is 1. The van der Waals surface area contributed by atoms with Crippen LogP contribution in [0.4, 0.5) is 0 Å². The van der Waals surface area contributed by atoms with Crippen molar-refractivity contribution in [3.05, 3.63) is 29.8 Å². The monoisotopic (exact) mass is 222 g/mol. The number of benzene rings is 1. The minimum atomic E-state index is -0.751. The summed E-state index contributed by atoms with van der Waals surface area (Å²) in [5, 5.41) is 9.15. The number of methoxy groups -OCH3 is 1. The highest BCUT2D eigenvalue weighted by Crippen LogP contribution is 2.24. The summed E-state index contributed by atoms with van der Waals surface area (Å²) in [4.78, 5) is 11.1. The van der Waals surface area contributed by atoms with Crippen molar-refractivity contribution in [3.8, 4) is 5.75 Å². The number of unbranched alkanes of at least 4 members (excludes halogenated alkanes) is 1. The molecule has 0 heterocycles. The number of carboxylic acids is 1. The molecule has 0 aliphatic carbocycles. The lowest BCUT2D eigenvalue weighted by atomic mass is 9.94. The summed E-state index contributed by atoms with van der Waals surface area (Å²) in [5.74, 6) is -0.396. The van der Waals surface area contributed by atoms with Crippen LogP contribution in [0.3, 0.4) is 0 Å². The van der Waals surface area contributed by atoms with Crippen LogP contribution in [0, 0.1) is 0 Å². The van der Waals surface area contributed by atoms with Gasteiger partial charge in [-0.1, -0.05) is 31.9 Å². The Hall–Kier alpha value is -1.51. The van der Waals surface area contributed by atoms with Gasteiger partial charge in [-0.3, -0.25) is 4.79 Å². The third kappa shape index (κ3) is 3.26. The highest BCUT2D eigenvalue weighted by molar-refractivity contribution is 5.76. The van der Waals surface area contributed by atoms with Crippen molar-refractivity contribution in [2.45, 2.75) is 32.1 Å². The topological polar surface area (TPSA) is 46.5 Å². The number of hydrogen-bond donors (Lipinski definition) is 1. The van der Waals surface area contributed by atoms with E-state index in [0.717, 1.165) is 24.2 Å². The number of carboxylic acid groups (broad SMARTS) is 1. The van der Waals surface area contributed by atoms with Gasteiger partial charge in [0, 0.05) is 0 Å². The number of hydrogen-bond acceptors (Lipinski definition) is 2. The van der Waals surface area contributed by atoms with E-state index in [-0.39, 0.29) is 0 Å². The Morgan fingerprint density at radius 1 is 1.38 bits per heavy atom. The van der Waals surface area contributed by atoms with Crippen LogP contribution in [0.2, 0.25) is 0 Å². The van der Waals surface area contributed by atoms with Crippen LogP contribution in [0.15, 0.2) is 24.3 Å². The van der Waals surface area contributed by atoms with E-state index >= 15 is 0 Å². The fourth-order valence-corrected chi connectivity index (χ4v) is 1.68. The number of rotatable bonds is 6.